The van der Waals surface area contributed by atoms with Crippen molar-refractivity contribution in [2.45, 2.75) is 6.92 Å². The number of carbonyl (C=O) groups is 1. The van der Waals surface area contributed by atoms with Gasteiger partial charge in [-0.3, -0.25) is 9.79 Å². The molecular weight excluding hydrogens is 373 g/mol. The van der Waals surface area contributed by atoms with Crippen LogP contribution in [0.25, 0.3) is 0 Å². The van der Waals surface area contributed by atoms with Gasteiger partial charge in [0, 0.05) is 5.69 Å². The van der Waals surface area contributed by atoms with E-state index in [1.165, 1.54) is 7.11 Å². The molecule has 0 aliphatic carbocycles. The minimum Gasteiger partial charge on any atom is -0.497 e. The van der Waals surface area contributed by atoms with E-state index in [4.69, 9.17) is 10.5 Å². The number of anilines is 1. The van der Waals surface area contributed by atoms with E-state index in [1.807, 2.05) is 24.3 Å². The number of aliphatic imine (C=N–C) groups is 1. The van der Waals surface area contributed by atoms with Gasteiger partial charge in [0.25, 0.3) is 0 Å². The smallest absolute Gasteiger partial charge is 0.310 e. The zero-order valence-corrected chi connectivity index (χ0v) is 14.1. The molecule has 20 heavy (non-hydrogen) atoms. The molecule has 0 radical (unpaired) electrons. The molecule has 1 atom stereocenters. The van der Waals surface area contributed by atoms with Crippen LogP contribution in [0, 0.1) is 5.92 Å². The highest BCUT2D eigenvalue weighted by molar-refractivity contribution is 14.0. The van der Waals surface area contributed by atoms with E-state index >= 15 is 0 Å². The van der Waals surface area contributed by atoms with Crippen LogP contribution in [0.4, 0.5) is 5.69 Å². The molecule has 1 unspecified atom stereocenters. The number of guanidine groups is 1. The molecular formula is C13H20IN3O3. The maximum atomic E-state index is 11.2. The fraction of sp³-hybridized carbons (Fsp3) is 0.385. The van der Waals surface area contributed by atoms with Crippen LogP contribution >= 0.6 is 24.0 Å². The molecule has 0 saturated heterocycles. The van der Waals surface area contributed by atoms with Gasteiger partial charge in [-0.25, -0.2) is 0 Å². The maximum Gasteiger partial charge on any atom is 0.310 e. The van der Waals surface area contributed by atoms with Crippen molar-refractivity contribution < 1.29 is 14.3 Å². The average Bonchev–Trinajstić information content (AvgIpc) is 2.44. The van der Waals surface area contributed by atoms with Crippen molar-refractivity contribution in [2.24, 2.45) is 16.6 Å². The summed E-state index contributed by atoms with van der Waals surface area (Å²) in [5.41, 5.74) is 6.52. The van der Waals surface area contributed by atoms with Crippen LogP contribution in [0.1, 0.15) is 6.92 Å². The highest BCUT2D eigenvalue weighted by atomic mass is 127. The summed E-state index contributed by atoms with van der Waals surface area (Å²) in [6.07, 6.45) is 0. The number of nitrogens with one attached hydrogen (secondary N) is 1. The van der Waals surface area contributed by atoms with Crippen LogP contribution in [-0.2, 0) is 9.53 Å². The summed E-state index contributed by atoms with van der Waals surface area (Å²) in [5, 5.41) is 2.93. The molecule has 0 amide bonds. The normalized spacial score (nSPS) is 12.1. The number of rotatable bonds is 5. The van der Waals surface area contributed by atoms with Gasteiger partial charge in [0.05, 0.1) is 26.7 Å². The lowest BCUT2D eigenvalue weighted by Crippen LogP contribution is -2.25. The average molecular weight is 393 g/mol. The number of hydrogen-bond acceptors (Lipinski definition) is 4. The Morgan fingerprint density at radius 2 is 1.95 bits per heavy atom. The fourth-order valence-electron chi connectivity index (χ4n) is 1.37. The van der Waals surface area contributed by atoms with Gasteiger partial charge in [-0.05, 0) is 24.3 Å². The number of carbonyl (C=O) groups excluding carboxylic acids is 1. The molecule has 0 aromatic heterocycles. The molecule has 1 aromatic carbocycles. The van der Waals surface area contributed by atoms with Crippen molar-refractivity contribution in [3.05, 3.63) is 24.3 Å². The summed E-state index contributed by atoms with van der Waals surface area (Å²) in [6.45, 7) is 2.01. The number of esters is 1. The summed E-state index contributed by atoms with van der Waals surface area (Å²) in [6, 6.07) is 7.27. The fourth-order valence-corrected chi connectivity index (χ4v) is 1.37. The van der Waals surface area contributed by atoms with E-state index in [-0.39, 0.29) is 48.4 Å². The largest absolute Gasteiger partial charge is 0.497 e. The van der Waals surface area contributed by atoms with Crippen molar-refractivity contribution in [1.29, 1.82) is 0 Å². The molecule has 0 aliphatic heterocycles. The first-order chi connectivity index (χ1) is 9.06. The van der Waals surface area contributed by atoms with E-state index in [1.54, 1.807) is 14.0 Å². The Bertz CT molecular complexity index is 449. The Morgan fingerprint density at radius 3 is 2.45 bits per heavy atom. The highest BCUT2D eigenvalue weighted by Crippen LogP contribution is 2.14. The van der Waals surface area contributed by atoms with Crippen molar-refractivity contribution in [3.8, 4) is 5.75 Å². The lowest BCUT2D eigenvalue weighted by molar-refractivity contribution is -0.144. The molecule has 0 fully saturated rings. The third-order valence-corrected chi connectivity index (χ3v) is 2.50. The first kappa shape index (κ1) is 18.5. The zero-order chi connectivity index (χ0) is 14.3. The van der Waals surface area contributed by atoms with Gasteiger partial charge in [0.1, 0.15) is 5.75 Å². The summed E-state index contributed by atoms with van der Waals surface area (Å²) in [7, 11) is 2.95. The van der Waals surface area contributed by atoms with Crippen LogP contribution in [0.15, 0.2) is 29.3 Å². The third-order valence-electron chi connectivity index (χ3n) is 2.50. The SMILES string of the molecule is COC(=O)C(C)CN=C(N)Nc1ccc(OC)cc1.I. The Balaban J connectivity index is 0.00000361. The third kappa shape index (κ3) is 6.09. The van der Waals surface area contributed by atoms with Crippen molar-refractivity contribution in [2.75, 3.05) is 26.1 Å². The van der Waals surface area contributed by atoms with Gasteiger partial charge < -0.3 is 20.5 Å². The van der Waals surface area contributed by atoms with Gasteiger partial charge in [-0.15, -0.1) is 24.0 Å². The van der Waals surface area contributed by atoms with Gasteiger partial charge in [0.15, 0.2) is 5.96 Å². The summed E-state index contributed by atoms with van der Waals surface area (Å²) in [4.78, 5) is 15.3. The Morgan fingerprint density at radius 1 is 1.35 bits per heavy atom. The number of benzene rings is 1. The molecule has 0 saturated carbocycles. The van der Waals surface area contributed by atoms with Gasteiger partial charge >= 0.3 is 5.97 Å². The highest BCUT2D eigenvalue weighted by Gasteiger charge is 2.11. The van der Waals surface area contributed by atoms with Crippen LogP contribution in [-0.4, -0.2) is 32.7 Å². The zero-order valence-electron chi connectivity index (χ0n) is 11.8. The van der Waals surface area contributed by atoms with Crippen LogP contribution < -0.4 is 15.8 Å². The minimum atomic E-state index is -0.318. The first-order valence-corrected chi connectivity index (χ1v) is 5.85. The van der Waals surface area contributed by atoms with E-state index in [0.717, 1.165) is 11.4 Å². The summed E-state index contributed by atoms with van der Waals surface area (Å²) < 4.78 is 9.66. The topological polar surface area (TPSA) is 85.9 Å². The van der Waals surface area contributed by atoms with Crippen LogP contribution in [0.3, 0.4) is 0 Å². The predicted molar refractivity (Wildman–Crippen MR) is 89.7 cm³/mol. The molecule has 112 valence electrons. The number of nitrogens with zero attached hydrogens (tertiary/aromatic N) is 1. The molecule has 3 N–H and O–H groups in total. The Hall–Kier alpha value is -1.51. The summed E-state index contributed by atoms with van der Waals surface area (Å²) >= 11 is 0. The molecule has 0 heterocycles. The number of ether oxygens (including phenoxy) is 2. The molecule has 0 spiro atoms. The van der Waals surface area contributed by atoms with Crippen LogP contribution in [0.5, 0.6) is 5.75 Å². The first-order valence-electron chi connectivity index (χ1n) is 5.85. The summed E-state index contributed by atoms with van der Waals surface area (Å²) in [5.74, 6) is 0.392. The minimum absolute atomic E-state index is 0. The van der Waals surface area contributed by atoms with E-state index < -0.39 is 0 Å². The lowest BCUT2D eigenvalue weighted by Gasteiger charge is -2.08. The van der Waals surface area contributed by atoms with Gasteiger partial charge in [0.2, 0.25) is 0 Å². The molecule has 7 heteroatoms. The standard InChI is InChI=1S/C13H19N3O3.HI/c1-9(12(17)19-3)8-15-13(14)16-10-4-6-11(18-2)7-5-10;/h4-7,9H,8H2,1-3H3,(H3,14,15,16);1H. The van der Waals surface area contributed by atoms with Gasteiger partial charge in [-0.1, -0.05) is 6.92 Å². The van der Waals surface area contributed by atoms with Crippen molar-refractivity contribution in [3.63, 3.8) is 0 Å². The predicted octanol–water partition coefficient (Wildman–Crippen LogP) is 1.85. The number of hydrogen-bond donors (Lipinski definition) is 2. The number of methoxy groups -OCH3 is 2. The monoisotopic (exact) mass is 393 g/mol. The quantitative estimate of drug-likeness (QED) is 0.345. The molecule has 0 bridgehead atoms. The van der Waals surface area contributed by atoms with Crippen LogP contribution in [0.2, 0.25) is 0 Å². The second-order valence-electron chi connectivity index (χ2n) is 4.00. The molecule has 1 rings (SSSR count). The van der Waals surface area contributed by atoms with Gasteiger partial charge in [-0.2, -0.15) is 0 Å². The maximum absolute atomic E-state index is 11.2. The second-order valence-corrected chi connectivity index (χ2v) is 4.00. The van der Waals surface area contributed by atoms with E-state index in [0.29, 0.717) is 0 Å². The lowest BCUT2D eigenvalue weighted by atomic mass is 10.2. The number of halogens is 1. The number of nitrogens with two attached hydrogens (primary N) is 1. The molecule has 1 aromatic rings. The van der Waals surface area contributed by atoms with Crippen molar-refractivity contribution >= 4 is 41.6 Å². The molecule has 6 nitrogen and oxygen atoms in total. The molecule has 0 aliphatic rings. The van der Waals surface area contributed by atoms with E-state index in [2.05, 4.69) is 15.0 Å². The second kappa shape index (κ2) is 9.40. The Labute approximate surface area is 135 Å². The Kier molecular flexibility index (Phi) is 8.69. The van der Waals surface area contributed by atoms with Crippen molar-refractivity contribution in [1.82, 2.24) is 0 Å². The van der Waals surface area contributed by atoms with E-state index in [9.17, 15) is 4.79 Å².